The summed E-state index contributed by atoms with van der Waals surface area (Å²) in [4.78, 5) is 19.9. The Morgan fingerprint density at radius 1 is 1.00 bits per heavy atom. The minimum atomic E-state index is -3.77. The molecule has 166 valence electrons. The average molecular weight is 459 g/mol. The van der Waals surface area contributed by atoms with Crippen LogP contribution in [0.15, 0.2) is 96.2 Å². The van der Waals surface area contributed by atoms with Crippen LogP contribution >= 0.6 is 0 Å². The standard InChI is InChI=1S/C25H22N4O3S/c1-18-6-4-8-20(16-18)29-33(31,32)21-9-5-7-19(17-21)12-13-24(30)28-23-11-3-2-10-22(23)25-26-14-15-27-25/h2-17,29H,1H3,(H,26,27)(H,28,30)/b13-12+. The number of anilines is 2. The van der Waals surface area contributed by atoms with Crippen molar-refractivity contribution in [3.63, 3.8) is 0 Å². The number of carbonyl (C=O) groups is 1. The quantitative estimate of drug-likeness (QED) is 0.345. The number of aryl methyl sites for hydroxylation is 1. The zero-order valence-corrected chi connectivity index (χ0v) is 18.6. The summed E-state index contributed by atoms with van der Waals surface area (Å²) >= 11 is 0. The summed E-state index contributed by atoms with van der Waals surface area (Å²) in [5, 5.41) is 2.84. The summed E-state index contributed by atoms with van der Waals surface area (Å²) < 4.78 is 28.1. The Morgan fingerprint density at radius 2 is 1.82 bits per heavy atom. The van der Waals surface area contributed by atoms with Gasteiger partial charge in [-0.05, 0) is 60.5 Å². The Bertz CT molecular complexity index is 1410. The third-order valence-electron chi connectivity index (χ3n) is 4.80. The smallest absolute Gasteiger partial charge is 0.261 e. The molecule has 4 aromatic rings. The van der Waals surface area contributed by atoms with E-state index in [0.29, 0.717) is 22.8 Å². The van der Waals surface area contributed by atoms with Gasteiger partial charge in [-0.25, -0.2) is 13.4 Å². The second-order valence-corrected chi connectivity index (χ2v) is 9.04. The van der Waals surface area contributed by atoms with Crippen molar-refractivity contribution in [2.45, 2.75) is 11.8 Å². The lowest BCUT2D eigenvalue weighted by atomic mass is 10.1. The van der Waals surface area contributed by atoms with Crippen LogP contribution in [-0.2, 0) is 14.8 Å². The lowest BCUT2D eigenvalue weighted by Crippen LogP contribution is -2.13. The molecule has 0 fully saturated rings. The molecule has 0 aliphatic rings. The summed E-state index contributed by atoms with van der Waals surface area (Å²) in [6, 6.07) is 20.8. The van der Waals surface area contributed by atoms with Gasteiger partial charge in [0.05, 0.1) is 10.6 Å². The molecular weight excluding hydrogens is 436 g/mol. The van der Waals surface area contributed by atoms with Crippen molar-refractivity contribution in [1.29, 1.82) is 0 Å². The number of H-pyrrole nitrogens is 1. The normalized spacial score (nSPS) is 11.4. The number of hydrogen-bond acceptors (Lipinski definition) is 4. The van der Waals surface area contributed by atoms with Gasteiger partial charge < -0.3 is 10.3 Å². The number of aromatic nitrogens is 2. The number of nitrogens with zero attached hydrogens (tertiary/aromatic N) is 1. The molecule has 3 aromatic carbocycles. The van der Waals surface area contributed by atoms with E-state index >= 15 is 0 Å². The molecule has 0 atom stereocenters. The fraction of sp³-hybridized carbons (Fsp3) is 0.0400. The highest BCUT2D eigenvalue weighted by molar-refractivity contribution is 7.92. The maximum absolute atomic E-state index is 12.8. The van der Waals surface area contributed by atoms with Crippen molar-refractivity contribution in [3.05, 3.63) is 102 Å². The van der Waals surface area contributed by atoms with Crippen LogP contribution in [0.25, 0.3) is 17.5 Å². The van der Waals surface area contributed by atoms with Crippen molar-refractivity contribution >= 4 is 33.4 Å². The van der Waals surface area contributed by atoms with Crippen LogP contribution in [0.2, 0.25) is 0 Å². The molecule has 8 heteroatoms. The Labute approximate surface area is 192 Å². The summed E-state index contributed by atoms with van der Waals surface area (Å²) in [5.74, 6) is 0.300. The van der Waals surface area contributed by atoms with Crippen LogP contribution in [0, 0.1) is 6.92 Å². The molecule has 0 unspecified atom stereocenters. The van der Waals surface area contributed by atoms with E-state index in [1.807, 2.05) is 31.2 Å². The number of imidazole rings is 1. The van der Waals surface area contributed by atoms with Crippen LogP contribution < -0.4 is 10.0 Å². The number of amides is 1. The average Bonchev–Trinajstić information content (AvgIpc) is 3.33. The van der Waals surface area contributed by atoms with Gasteiger partial charge in [0, 0.05) is 29.7 Å². The lowest BCUT2D eigenvalue weighted by molar-refractivity contribution is -0.111. The van der Waals surface area contributed by atoms with Crippen molar-refractivity contribution in [2.24, 2.45) is 0 Å². The molecule has 0 saturated heterocycles. The van der Waals surface area contributed by atoms with Gasteiger partial charge in [-0.1, -0.05) is 36.4 Å². The van der Waals surface area contributed by atoms with E-state index in [-0.39, 0.29) is 10.8 Å². The van der Waals surface area contributed by atoms with Gasteiger partial charge >= 0.3 is 0 Å². The molecule has 4 rings (SSSR count). The number of para-hydroxylation sites is 1. The predicted molar refractivity (Wildman–Crippen MR) is 130 cm³/mol. The molecule has 1 heterocycles. The maximum atomic E-state index is 12.8. The fourth-order valence-corrected chi connectivity index (χ4v) is 4.37. The third-order valence-corrected chi connectivity index (χ3v) is 6.18. The number of sulfonamides is 1. The first kappa shape index (κ1) is 22.0. The van der Waals surface area contributed by atoms with Gasteiger partial charge in [-0.3, -0.25) is 9.52 Å². The second-order valence-electron chi connectivity index (χ2n) is 7.35. The number of benzene rings is 3. The Balaban J connectivity index is 1.49. The fourth-order valence-electron chi connectivity index (χ4n) is 3.27. The number of hydrogen-bond donors (Lipinski definition) is 3. The molecule has 1 amide bonds. The molecule has 0 saturated carbocycles. The minimum absolute atomic E-state index is 0.106. The third kappa shape index (κ3) is 5.55. The highest BCUT2D eigenvalue weighted by Gasteiger charge is 2.14. The molecule has 0 bridgehead atoms. The van der Waals surface area contributed by atoms with E-state index in [2.05, 4.69) is 20.0 Å². The van der Waals surface area contributed by atoms with Crippen LogP contribution in [0.4, 0.5) is 11.4 Å². The highest BCUT2D eigenvalue weighted by atomic mass is 32.2. The molecule has 0 radical (unpaired) electrons. The summed E-state index contributed by atoms with van der Waals surface area (Å²) in [6.07, 6.45) is 6.28. The number of aromatic amines is 1. The molecule has 7 nitrogen and oxygen atoms in total. The first-order valence-electron chi connectivity index (χ1n) is 10.2. The van der Waals surface area contributed by atoms with Crippen molar-refractivity contribution in [2.75, 3.05) is 10.0 Å². The number of rotatable bonds is 7. The molecular formula is C25H22N4O3S. The van der Waals surface area contributed by atoms with Crippen LogP contribution in [0.5, 0.6) is 0 Å². The largest absolute Gasteiger partial charge is 0.345 e. The van der Waals surface area contributed by atoms with Crippen molar-refractivity contribution < 1.29 is 13.2 Å². The summed E-state index contributed by atoms with van der Waals surface area (Å²) in [7, 11) is -3.77. The number of carbonyl (C=O) groups excluding carboxylic acids is 1. The molecule has 33 heavy (non-hydrogen) atoms. The summed E-state index contributed by atoms with van der Waals surface area (Å²) in [5.41, 5.74) is 3.40. The SMILES string of the molecule is Cc1cccc(NS(=O)(=O)c2cccc(/C=C/C(=O)Nc3ccccc3-c3ncc[nH]3)c2)c1. The zero-order valence-electron chi connectivity index (χ0n) is 17.8. The van der Waals surface area contributed by atoms with E-state index in [1.54, 1.807) is 54.9 Å². The Hall–Kier alpha value is -4.17. The summed E-state index contributed by atoms with van der Waals surface area (Å²) in [6.45, 7) is 1.89. The molecule has 1 aromatic heterocycles. The van der Waals surface area contributed by atoms with E-state index in [4.69, 9.17) is 0 Å². The van der Waals surface area contributed by atoms with Gasteiger partial charge in [-0.15, -0.1) is 0 Å². The minimum Gasteiger partial charge on any atom is -0.345 e. The lowest BCUT2D eigenvalue weighted by Gasteiger charge is -2.09. The van der Waals surface area contributed by atoms with Crippen LogP contribution in [0.1, 0.15) is 11.1 Å². The van der Waals surface area contributed by atoms with Crippen molar-refractivity contribution in [1.82, 2.24) is 9.97 Å². The van der Waals surface area contributed by atoms with Crippen LogP contribution in [0.3, 0.4) is 0 Å². The predicted octanol–water partition coefficient (Wildman–Crippen LogP) is 4.84. The maximum Gasteiger partial charge on any atom is 0.261 e. The molecule has 0 spiro atoms. The van der Waals surface area contributed by atoms with Gasteiger partial charge in [0.15, 0.2) is 0 Å². The first-order valence-corrected chi connectivity index (χ1v) is 11.7. The van der Waals surface area contributed by atoms with Crippen LogP contribution in [-0.4, -0.2) is 24.3 Å². The van der Waals surface area contributed by atoms with E-state index in [0.717, 1.165) is 11.1 Å². The van der Waals surface area contributed by atoms with Gasteiger partial charge in [0.1, 0.15) is 5.82 Å². The Morgan fingerprint density at radius 3 is 2.61 bits per heavy atom. The Kier molecular flexibility index (Phi) is 6.37. The highest BCUT2D eigenvalue weighted by Crippen LogP contribution is 2.25. The number of nitrogens with one attached hydrogen (secondary N) is 3. The van der Waals surface area contributed by atoms with Gasteiger partial charge in [0.25, 0.3) is 10.0 Å². The van der Waals surface area contributed by atoms with E-state index < -0.39 is 10.0 Å². The topological polar surface area (TPSA) is 104 Å². The second kappa shape index (κ2) is 9.54. The van der Waals surface area contributed by atoms with E-state index in [9.17, 15) is 13.2 Å². The molecule has 0 aliphatic carbocycles. The zero-order chi connectivity index (χ0) is 23.3. The van der Waals surface area contributed by atoms with Gasteiger partial charge in [0.2, 0.25) is 5.91 Å². The van der Waals surface area contributed by atoms with Gasteiger partial charge in [-0.2, -0.15) is 0 Å². The monoisotopic (exact) mass is 458 g/mol. The molecule has 3 N–H and O–H groups in total. The van der Waals surface area contributed by atoms with E-state index in [1.165, 1.54) is 18.2 Å². The first-order chi connectivity index (χ1) is 15.9. The molecule has 0 aliphatic heterocycles. The van der Waals surface area contributed by atoms with Crippen molar-refractivity contribution in [3.8, 4) is 11.4 Å².